The van der Waals surface area contributed by atoms with Gasteiger partial charge in [-0.25, -0.2) is 9.13 Å². The van der Waals surface area contributed by atoms with Crippen molar-refractivity contribution in [2.24, 2.45) is 0 Å². The Bertz CT molecular complexity index is 434. The molecule has 8 nitrogen and oxygen atoms in total. The van der Waals surface area contributed by atoms with Gasteiger partial charge in [0, 0.05) is 0 Å². The van der Waals surface area contributed by atoms with E-state index < -0.39 is 27.9 Å². The summed E-state index contributed by atoms with van der Waals surface area (Å²) >= 11 is 0. The Hall–Kier alpha value is -0.0400. The van der Waals surface area contributed by atoms with Gasteiger partial charge in [0.1, 0.15) is 0 Å². The fourth-order valence-corrected chi connectivity index (χ4v) is 4.97. The van der Waals surface area contributed by atoms with Crippen molar-refractivity contribution >= 4 is 15.6 Å². The number of phosphoric ester groups is 2. The van der Waals surface area contributed by atoms with Gasteiger partial charge in [-0.1, -0.05) is 12.2 Å². The van der Waals surface area contributed by atoms with Crippen molar-refractivity contribution in [2.75, 3.05) is 26.4 Å². The fourth-order valence-electron chi connectivity index (χ4n) is 2.30. The lowest BCUT2D eigenvalue weighted by Crippen LogP contribution is -2.11. The summed E-state index contributed by atoms with van der Waals surface area (Å²) in [7, 11) is -7.17. The third-order valence-electron chi connectivity index (χ3n) is 3.20. The van der Waals surface area contributed by atoms with Crippen LogP contribution in [0.2, 0.25) is 0 Å². The Morgan fingerprint density at radius 2 is 1.04 bits per heavy atom. The number of hydrogen-bond acceptors (Lipinski definition) is 8. The molecule has 1 aliphatic carbocycles. The molecule has 0 unspecified atom stereocenters. The summed E-state index contributed by atoms with van der Waals surface area (Å²) in [5, 5.41) is 0. The zero-order valence-corrected chi connectivity index (χ0v) is 17.2. The van der Waals surface area contributed by atoms with Gasteiger partial charge in [-0.2, -0.15) is 0 Å². The zero-order valence-electron chi connectivity index (χ0n) is 15.4. The highest BCUT2D eigenvalue weighted by molar-refractivity contribution is 7.48. The van der Waals surface area contributed by atoms with Crippen molar-refractivity contribution in [3.8, 4) is 0 Å². The van der Waals surface area contributed by atoms with Gasteiger partial charge < -0.3 is 0 Å². The van der Waals surface area contributed by atoms with Crippen LogP contribution in [0.4, 0.5) is 0 Å². The molecule has 0 saturated heterocycles. The third-order valence-corrected chi connectivity index (χ3v) is 6.55. The number of phosphoric acid groups is 2. The van der Waals surface area contributed by atoms with Crippen molar-refractivity contribution in [3.63, 3.8) is 0 Å². The smallest absolute Gasteiger partial charge is 0.287 e. The molecular formula is C15H30O8P2. The molecule has 1 aliphatic rings. The van der Waals surface area contributed by atoms with Crippen LogP contribution in [0.3, 0.4) is 0 Å². The van der Waals surface area contributed by atoms with E-state index in [1.165, 1.54) is 0 Å². The maximum absolute atomic E-state index is 12.5. The van der Waals surface area contributed by atoms with E-state index in [2.05, 4.69) is 0 Å². The highest BCUT2D eigenvalue weighted by atomic mass is 31.2. The molecule has 1 rings (SSSR count). The van der Waals surface area contributed by atoms with Crippen LogP contribution < -0.4 is 0 Å². The van der Waals surface area contributed by atoms with Crippen LogP contribution in [-0.4, -0.2) is 38.6 Å². The first-order chi connectivity index (χ1) is 11.9. The maximum atomic E-state index is 12.5. The van der Waals surface area contributed by atoms with Crippen molar-refractivity contribution in [1.82, 2.24) is 0 Å². The summed E-state index contributed by atoms with van der Waals surface area (Å²) in [5.74, 6) is 0. The summed E-state index contributed by atoms with van der Waals surface area (Å²) in [4.78, 5) is 0. The van der Waals surface area contributed by atoms with Crippen LogP contribution in [0.1, 0.15) is 47.0 Å². The molecule has 148 valence electrons. The molecule has 0 saturated carbocycles. The molecule has 0 aromatic rings. The number of rotatable bonds is 12. The standard InChI is InChI=1S/C15H30O8P2/c1-5-18-24(16,19-6-2)22-14-10-9-11-15(13-12-14)23-25(17,20-7-3)21-8-4/h12-15H,5-11H2,1-4H3/t14-,15+. The van der Waals surface area contributed by atoms with Crippen LogP contribution in [0.5, 0.6) is 0 Å². The predicted molar refractivity (Wildman–Crippen MR) is 94.5 cm³/mol. The summed E-state index contributed by atoms with van der Waals surface area (Å²) in [5.41, 5.74) is 0. The second-order valence-corrected chi connectivity index (χ2v) is 8.41. The Kier molecular flexibility index (Phi) is 10.7. The molecular weight excluding hydrogens is 370 g/mol. The van der Waals surface area contributed by atoms with Crippen molar-refractivity contribution < 1.29 is 36.3 Å². The molecule has 0 aromatic heterocycles. The van der Waals surface area contributed by atoms with Gasteiger partial charge in [0.05, 0.1) is 38.6 Å². The fraction of sp³-hybridized carbons (Fsp3) is 0.867. The van der Waals surface area contributed by atoms with Crippen molar-refractivity contribution in [1.29, 1.82) is 0 Å². The minimum absolute atomic E-state index is 0.228. The van der Waals surface area contributed by atoms with Crippen LogP contribution in [0.15, 0.2) is 12.2 Å². The first kappa shape index (κ1) is 23.0. The molecule has 0 N–H and O–H groups in total. The van der Waals surface area contributed by atoms with Gasteiger partial charge in [-0.15, -0.1) is 0 Å². The monoisotopic (exact) mass is 400 g/mol. The van der Waals surface area contributed by atoms with Gasteiger partial charge in [0.25, 0.3) is 0 Å². The molecule has 0 aliphatic heterocycles. The second kappa shape index (κ2) is 11.6. The van der Waals surface area contributed by atoms with E-state index in [0.29, 0.717) is 12.8 Å². The lowest BCUT2D eigenvalue weighted by atomic mass is 10.2. The maximum Gasteiger partial charge on any atom is 0.475 e. The zero-order chi connectivity index (χ0) is 18.8. The Balaban J connectivity index is 2.72. The molecule has 0 fully saturated rings. The SMILES string of the molecule is CCOP(=O)(OCC)O[C@@H]1C=C[C@H](OP(=O)(OCC)OCC)CCC1. The van der Waals surface area contributed by atoms with E-state index in [9.17, 15) is 9.13 Å². The molecule has 25 heavy (non-hydrogen) atoms. The van der Waals surface area contributed by atoms with Gasteiger partial charge in [0.15, 0.2) is 0 Å². The van der Waals surface area contributed by atoms with E-state index in [1.807, 2.05) is 0 Å². The summed E-state index contributed by atoms with van der Waals surface area (Å²) in [6.07, 6.45) is 4.54. The van der Waals surface area contributed by atoms with Crippen molar-refractivity contribution in [3.05, 3.63) is 12.2 Å². The van der Waals surface area contributed by atoms with E-state index in [0.717, 1.165) is 6.42 Å². The second-order valence-electron chi connectivity index (χ2n) is 5.17. The average molecular weight is 400 g/mol. The molecule has 2 atom stereocenters. The molecule has 0 spiro atoms. The highest BCUT2D eigenvalue weighted by Gasteiger charge is 2.32. The van der Waals surface area contributed by atoms with Crippen LogP contribution in [-0.2, 0) is 36.3 Å². The molecule has 0 amide bonds. The first-order valence-electron chi connectivity index (χ1n) is 8.73. The minimum Gasteiger partial charge on any atom is -0.287 e. The van der Waals surface area contributed by atoms with Gasteiger partial charge in [-0.05, 0) is 47.0 Å². The lowest BCUT2D eigenvalue weighted by Gasteiger charge is -2.20. The normalized spacial score (nSPS) is 22.1. The van der Waals surface area contributed by atoms with E-state index in [-0.39, 0.29) is 26.4 Å². The first-order valence-corrected chi connectivity index (χ1v) is 11.7. The largest absolute Gasteiger partial charge is 0.475 e. The van der Waals surface area contributed by atoms with Crippen LogP contribution in [0, 0.1) is 0 Å². The van der Waals surface area contributed by atoms with Crippen molar-refractivity contribution in [2.45, 2.75) is 59.2 Å². The Morgan fingerprint density at radius 1 is 0.720 bits per heavy atom. The molecule has 0 bridgehead atoms. The molecule has 0 radical (unpaired) electrons. The van der Waals surface area contributed by atoms with Gasteiger partial charge in [0.2, 0.25) is 0 Å². The quantitative estimate of drug-likeness (QED) is 0.339. The summed E-state index contributed by atoms with van der Waals surface area (Å²) in [6.45, 7) is 7.80. The minimum atomic E-state index is -3.59. The molecule has 0 aromatic carbocycles. The molecule has 10 heteroatoms. The average Bonchev–Trinajstić information content (AvgIpc) is 2.73. The van der Waals surface area contributed by atoms with Crippen LogP contribution in [0.25, 0.3) is 0 Å². The van der Waals surface area contributed by atoms with Gasteiger partial charge >= 0.3 is 15.6 Å². The van der Waals surface area contributed by atoms with E-state index >= 15 is 0 Å². The Morgan fingerprint density at radius 3 is 1.32 bits per heavy atom. The lowest BCUT2D eigenvalue weighted by molar-refractivity contribution is 0.0945. The topological polar surface area (TPSA) is 89.5 Å². The number of hydrogen-bond donors (Lipinski definition) is 0. The predicted octanol–water partition coefficient (Wildman–Crippen LogP) is 4.86. The third kappa shape index (κ3) is 8.46. The van der Waals surface area contributed by atoms with E-state index in [4.69, 9.17) is 27.1 Å². The van der Waals surface area contributed by atoms with Gasteiger partial charge in [-0.3, -0.25) is 27.1 Å². The Labute approximate surface area is 150 Å². The van der Waals surface area contributed by atoms with E-state index in [1.54, 1.807) is 39.8 Å². The highest BCUT2D eigenvalue weighted by Crippen LogP contribution is 2.53. The summed E-state index contributed by atoms with van der Waals surface area (Å²) < 4.78 is 56.6. The van der Waals surface area contributed by atoms with Crippen LogP contribution >= 0.6 is 15.6 Å². The summed E-state index contributed by atoms with van der Waals surface area (Å²) in [6, 6.07) is 0. The molecule has 0 heterocycles.